The van der Waals surface area contributed by atoms with Gasteiger partial charge in [-0.1, -0.05) is 13.0 Å². The number of allylic oxidation sites excluding steroid dienone is 1. The lowest BCUT2D eigenvalue weighted by Gasteiger charge is -2.37. The first kappa shape index (κ1) is 13.1. The number of aromatic nitrogens is 2. The molecule has 1 aromatic rings. The second kappa shape index (κ2) is 5.57. The minimum Gasteiger partial charge on any atom is -0.339 e. The summed E-state index contributed by atoms with van der Waals surface area (Å²) in [6, 6.07) is 0.800. The molecule has 4 nitrogen and oxygen atoms in total. The van der Waals surface area contributed by atoms with Crippen LogP contribution in [-0.4, -0.2) is 28.2 Å². The first-order chi connectivity index (χ1) is 8.65. The van der Waals surface area contributed by atoms with Gasteiger partial charge in [-0.3, -0.25) is 0 Å². The van der Waals surface area contributed by atoms with E-state index in [4.69, 9.17) is 10.7 Å². The van der Waals surface area contributed by atoms with Gasteiger partial charge in [0.15, 0.2) is 0 Å². The normalized spacial score (nSPS) is 24.3. The average Bonchev–Trinajstić information content (AvgIpc) is 2.73. The van der Waals surface area contributed by atoms with Gasteiger partial charge in [0.25, 0.3) is 0 Å². The molecule has 1 saturated heterocycles. The van der Waals surface area contributed by atoms with Crippen LogP contribution in [0.4, 0.5) is 5.95 Å². The van der Waals surface area contributed by atoms with E-state index < -0.39 is 0 Å². The van der Waals surface area contributed by atoms with E-state index in [9.17, 15) is 0 Å². The molecule has 100 valence electrons. The molecular weight excluding hydrogens is 224 g/mol. The summed E-state index contributed by atoms with van der Waals surface area (Å²) in [7, 11) is 0. The maximum absolute atomic E-state index is 6.02. The highest BCUT2D eigenvalue weighted by atomic mass is 15.3. The highest BCUT2D eigenvalue weighted by molar-refractivity contribution is 5.36. The third-order valence-corrected chi connectivity index (χ3v) is 3.67. The topological polar surface area (TPSA) is 47.1 Å². The van der Waals surface area contributed by atoms with Gasteiger partial charge in [-0.05, 0) is 26.2 Å². The number of nitrogens with zero attached hydrogens (tertiary/aromatic N) is 3. The van der Waals surface area contributed by atoms with E-state index in [-0.39, 0.29) is 0 Å². The molecule has 0 bridgehead atoms. The summed E-state index contributed by atoms with van der Waals surface area (Å²) in [6.07, 6.45) is 7.12. The number of piperidine rings is 1. The molecule has 1 aromatic heterocycles. The second-order valence-corrected chi connectivity index (χ2v) is 5.15. The molecule has 0 amide bonds. The Labute approximate surface area is 109 Å². The lowest BCUT2D eigenvalue weighted by molar-refractivity contribution is 0.421. The van der Waals surface area contributed by atoms with Crippen LogP contribution in [0.3, 0.4) is 0 Å². The molecule has 1 aliphatic heterocycles. The van der Waals surface area contributed by atoms with E-state index in [1.54, 1.807) is 0 Å². The van der Waals surface area contributed by atoms with Crippen molar-refractivity contribution >= 4 is 5.95 Å². The van der Waals surface area contributed by atoms with Crippen molar-refractivity contribution in [2.24, 2.45) is 5.73 Å². The molecule has 2 N–H and O–H groups in total. The molecule has 2 atom stereocenters. The highest BCUT2D eigenvalue weighted by Crippen LogP contribution is 2.24. The Morgan fingerprint density at radius 1 is 1.61 bits per heavy atom. The molecule has 18 heavy (non-hydrogen) atoms. The van der Waals surface area contributed by atoms with Crippen LogP contribution in [0.25, 0.3) is 0 Å². The SMILES string of the molecule is C=CCn1cc(CC)nc1N1CCC(N)CC1C. The third-order valence-electron chi connectivity index (χ3n) is 3.67. The number of hydrogen-bond donors (Lipinski definition) is 1. The van der Waals surface area contributed by atoms with Crippen molar-refractivity contribution in [3.63, 3.8) is 0 Å². The van der Waals surface area contributed by atoms with E-state index in [1.807, 2.05) is 6.08 Å². The Hall–Kier alpha value is -1.29. The van der Waals surface area contributed by atoms with Crippen LogP contribution in [0.1, 0.15) is 32.4 Å². The Morgan fingerprint density at radius 3 is 3.00 bits per heavy atom. The van der Waals surface area contributed by atoms with Crippen molar-refractivity contribution < 1.29 is 0 Å². The van der Waals surface area contributed by atoms with Crippen LogP contribution in [0.5, 0.6) is 0 Å². The monoisotopic (exact) mass is 248 g/mol. The summed E-state index contributed by atoms with van der Waals surface area (Å²) in [5.41, 5.74) is 7.17. The van der Waals surface area contributed by atoms with Gasteiger partial charge in [-0.25, -0.2) is 4.98 Å². The summed E-state index contributed by atoms with van der Waals surface area (Å²) in [6.45, 7) is 10.0. The molecule has 0 radical (unpaired) electrons. The number of hydrogen-bond acceptors (Lipinski definition) is 3. The average molecular weight is 248 g/mol. The molecule has 2 unspecified atom stereocenters. The minimum atomic E-state index is 0.338. The fourth-order valence-corrected chi connectivity index (χ4v) is 2.64. The van der Waals surface area contributed by atoms with E-state index in [1.165, 1.54) is 0 Å². The van der Waals surface area contributed by atoms with Gasteiger partial charge in [-0.15, -0.1) is 6.58 Å². The van der Waals surface area contributed by atoms with Crippen LogP contribution in [0.15, 0.2) is 18.9 Å². The van der Waals surface area contributed by atoms with E-state index in [0.29, 0.717) is 12.1 Å². The summed E-state index contributed by atoms with van der Waals surface area (Å²) >= 11 is 0. The van der Waals surface area contributed by atoms with Gasteiger partial charge in [0.2, 0.25) is 5.95 Å². The first-order valence-electron chi connectivity index (χ1n) is 6.84. The largest absolute Gasteiger partial charge is 0.339 e. The van der Waals surface area contributed by atoms with Gasteiger partial charge in [-0.2, -0.15) is 0 Å². The number of nitrogens with two attached hydrogens (primary N) is 1. The molecule has 0 spiro atoms. The minimum absolute atomic E-state index is 0.338. The lowest BCUT2D eigenvalue weighted by atomic mass is 10.00. The quantitative estimate of drug-likeness (QED) is 0.828. The van der Waals surface area contributed by atoms with E-state index in [2.05, 4.69) is 36.1 Å². The number of anilines is 1. The zero-order valence-corrected chi connectivity index (χ0v) is 11.5. The van der Waals surface area contributed by atoms with Crippen molar-refractivity contribution in [3.8, 4) is 0 Å². The molecule has 2 rings (SSSR count). The fourth-order valence-electron chi connectivity index (χ4n) is 2.64. The predicted molar refractivity (Wildman–Crippen MR) is 75.8 cm³/mol. The van der Waals surface area contributed by atoms with Crippen molar-refractivity contribution in [2.45, 2.75) is 51.7 Å². The predicted octanol–water partition coefficient (Wildman–Crippen LogP) is 1.95. The Morgan fingerprint density at radius 2 is 2.39 bits per heavy atom. The van der Waals surface area contributed by atoms with Crippen molar-refractivity contribution in [1.29, 1.82) is 0 Å². The summed E-state index contributed by atoms with van der Waals surface area (Å²) in [4.78, 5) is 7.13. The fraction of sp³-hybridized carbons (Fsp3) is 0.643. The van der Waals surface area contributed by atoms with Crippen molar-refractivity contribution in [2.75, 3.05) is 11.4 Å². The summed E-state index contributed by atoms with van der Waals surface area (Å²) < 4.78 is 2.19. The summed E-state index contributed by atoms with van der Waals surface area (Å²) in [5, 5.41) is 0. The van der Waals surface area contributed by atoms with Gasteiger partial charge >= 0.3 is 0 Å². The van der Waals surface area contributed by atoms with Crippen molar-refractivity contribution in [1.82, 2.24) is 9.55 Å². The summed E-state index contributed by atoms with van der Waals surface area (Å²) in [5.74, 6) is 1.08. The smallest absolute Gasteiger partial charge is 0.206 e. The first-order valence-corrected chi connectivity index (χ1v) is 6.84. The van der Waals surface area contributed by atoms with Crippen LogP contribution >= 0.6 is 0 Å². The Balaban J connectivity index is 2.25. The van der Waals surface area contributed by atoms with Crippen molar-refractivity contribution in [3.05, 3.63) is 24.5 Å². The second-order valence-electron chi connectivity index (χ2n) is 5.15. The molecule has 0 aromatic carbocycles. The van der Waals surface area contributed by atoms with E-state index in [0.717, 1.165) is 44.0 Å². The molecule has 1 aliphatic rings. The maximum Gasteiger partial charge on any atom is 0.206 e. The lowest BCUT2D eigenvalue weighted by Crippen LogP contribution is -2.46. The zero-order chi connectivity index (χ0) is 13.1. The van der Waals surface area contributed by atoms with Crippen LogP contribution in [-0.2, 0) is 13.0 Å². The molecule has 2 heterocycles. The number of imidazole rings is 1. The molecule has 0 saturated carbocycles. The maximum atomic E-state index is 6.02. The highest BCUT2D eigenvalue weighted by Gasteiger charge is 2.26. The standard InChI is InChI=1S/C14H24N4/c1-4-7-17-10-13(5-2)16-14(17)18-8-6-12(15)9-11(18)3/h4,10-12H,1,5-9,15H2,2-3H3. The number of rotatable bonds is 4. The third kappa shape index (κ3) is 2.58. The van der Waals surface area contributed by atoms with E-state index >= 15 is 0 Å². The molecule has 4 heteroatoms. The van der Waals surface area contributed by atoms with Crippen LogP contribution in [0, 0.1) is 0 Å². The van der Waals surface area contributed by atoms with Crippen LogP contribution < -0.4 is 10.6 Å². The molecular formula is C14H24N4. The molecule has 0 aliphatic carbocycles. The van der Waals surface area contributed by atoms with Gasteiger partial charge in [0.1, 0.15) is 0 Å². The zero-order valence-electron chi connectivity index (χ0n) is 11.5. The Bertz CT molecular complexity index is 410. The number of aryl methyl sites for hydroxylation is 1. The van der Waals surface area contributed by atoms with Gasteiger partial charge in [0, 0.05) is 31.4 Å². The Kier molecular flexibility index (Phi) is 4.07. The van der Waals surface area contributed by atoms with Crippen LogP contribution in [0.2, 0.25) is 0 Å². The van der Waals surface area contributed by atoms with Gasteiger partial charge in [0.05, 0.1) is 5.69 Å². The van der Waals surface area contributed by atoms with Gasteiger partial charge < -0.3 is 15.2 Å². The molecule has 1 fully saturated rings.